The zero-order chi connectivity index (χ0) is 12.2. The molecule has 0 N–H and O–H groups in total. The van der Waals surface area contributed by atoms with Gasteiger partial charge in [-0.25, -0.2) is 17.2 Å². The molecule has 0 aliphatic heterocycles. The number of hydrogen-bond acceptors (Lipinski definition) is 2. The predicted octanol–water partition coefficient (Wildman–Crippen LogP) is 2.94. The van der Waals surface area contributed by atoms with Crippen molar-refractivity contribution in [3.8, 4) is 0 Å². The molecule has 0 heterocycles. The van der Waals surface area contributed by atoms with Crippen LogP contribution in [0.25, 0.3) is 6.08 Å². The maximum absolute atomic E-state index is 12.8. The van der Waals surface area contributed by atoms with Gasteiger partial charge in [0.15, 0.2) is 11.6 Å². The van der Waals surface area contributed by atoms with E-state index < -0.39 is 20.7 Å². The van der Waals surface area contributed by atoms with Crippen LogP contribution in [0.2, 0.25) is 0 Å². The van der Waals surface area contributed by atoms with Crippen LogP contribution in [-0.4, -0.2) is 14.2 Å². The third-order valence-corrected chi connectivity index (χ3v) is 2.97. The van der Waals surface area contributed by atoms with Gasteiger partial charge in [-0.2, -0.15) is 0 Å². The quantitative estimate of drug-likeness (QED) is 0.785. The second-order valence-corrected chi connectivity index (χ2v) is 6.00. The lowest BCUT2D eigenvalue weighted by Crippen LogP contribution is -1.94. The molecule has 0 fully saturated rings. The van der Waals surface area contributed by atoms with Gasteiger partial charge in [-0.15, -0.1) is 0 Å². The number of benzene rings is 1. The SMILES string of the molecule is O=S(=O)(Cl)CC/C=C/c1ccc(F)c(F)c1. The fourth-order valence-corrected chi connectivity index (χ4v) is 1.73. The molecule has 0 saturated carbocycles. The Bertz CT molecular complexity index is 498. The van der Waals surface area contributed by atoms with E-state index in [1.807, 2.05) is 0 Å². The van der Waals surface area contributed by atoms with Crippen LogP contribution in [0.15, 0.2) is 24.3 Å². The van der Waals surface area contributed by atoms with E-state index in [1.165, 1.54) is 18.2 Å². The molecule has 16 heavy (non-hydrogen) atoms. The first kappa shape index (κ1) is 13.1. The Morgan fingerprint density at radius 2 is 1.94 bits per heavy atom. The van der Waals surface area contributed by atoms with Crippen molar-refractivity contribution >= 4 is 25.8 Å². The average Bonchev–Trinajstić information content (AvgIpc) is 2.17. The highest BCUT2D eigenvalue weighted by Crippen LogP contribution is 2.10. The Balaban J connectivity index is 2.60. The first-order valence-electron chi connectivity index (χ1n) is 4.42. The van der Waals surface area contributed by atoms with Gasteiger partial charge in [-0.1, -0.05) is 18.2 Å². The maximum atomic E-state index is 12.8. The van der Waals surface area contributed by atoms with Gasteiger partial charge in [0.05, 0.1) is 5.75 Å². The van der Waals surface area contributed by atoms with E-state index in [9.17, 15) is 17.2 Å². The molecule has 0 aromatic heterocycles. The van der Waals surface area contributed by atoms with Crippen molar-refractivity contribution in [2.24, 2.45) is 0 Å². The molecule has 0 aliphatic rings. The lowest BCUT2D eigenvalue weighted by molar-refractivity contribution is 0.508. The largest absolute Gasteiger partial charge is 0.232 e. The van der Waals surface area contributed by atoms with Gasteiger partial charge in [0.25, 0.3) is 0 Å². The van der Waals surface area contributed by atoms with Crippen LogP contribution in [0, 0.1) is 11.6 Å². The summed E-state index contributed by atoms with van der Waals surface area (Å²) in [4.78, 5) is 0. The second-order valence-electron chi connectivity index (χ2n) is 3.11. The van der Waals surface area contributed by atoms with Crippen LogP contribution in [0.3, 0.4) is 0 Å². The summed E-state index contributed by atoms with van der Waals surface area (Å²) in [6.45, 7) is 0. The molecule has 1 rings (SSSR count). The maximum Gasteiger partial charge on any atom is 0.232 e. The van der Waals surface area contributed by atoms with Crippen LogP contribution in [0.1, 0.15) is 12.0 Å². The van der Waals surface area contributed by atoms with E-state index in [1.54, 1.807) is 0 Å². The Hall–Kier alpha value is -0.940. The summed E-state index contributed by atoms with van der Waals surface area (Å²) in [5.41, 5.74) is 0.464. The van der Waals surface area contributed by atoms with Crippen LogP contribution in [0.4, 0.5) is 8.78 Å². The van der Waals surface area contributed by atoms with Gasteiger partial charge in [0.2, 0.25) is 9.05 Å². The van der Waals surface area contributed by atoms with Crippen LogP contribution >= 0.6 is 10.7 Å². The Kier molecular flexibility index (Phi) is 4.44. The summed E-state index contributed by atoms with van der Waals surface area (Å²) in [6, 6.07) is 3.43. The van der Waals surface area contributed by atoms with E-state index in [2.05, 4.69) is 0 Å². The summed E-state index contributed by atoms with van der Waals surface area (Å²) >= 11 is 0. The standard InChI is InChI=1S/C10H9ClF2O2S/c11-16(14,15)6-2-1-3-8-4-5-9(12)10(13)7-8/h1,3-5,7H,2,6H2/b3-1+. The van der Waals surface area contributed by atoms with Crippen LogP contribution in [0.5, 0.6) is 0 Å². The first-order valence-corrected chi connectivity index (χ1v) is 6.90. The molecular formula is C10H9ClF2O2S. The van der Waals surface area contributed by atoms with Crippen molar-refractivity contribution in [3.63, 3.8) is 0 Å². The molecule has 0 saturated heterocycles. The van der Waals surface area contributed by atoms with Gasteiger partial charge < -0.3 is 0 Å². The second kappa shape index (κ2) is 5.41. The third-order valence-electron chi connectivity index (χ3n) is 1.78. The Morgan fingerprint density at radius 1 is 1.25 bits per heavy atom. The molecular weight excluding hydrogens is 258 g/mol. The van der Waals surface area contributed by atoms with Gasteiger partial charge in [0.1, 0.15) is 0 Å². The minimum atomic E-state index is -3.51. The molecule has 0 amide bonds. The molecule has 1 aromatic carbocycles. The van der Waals surface area contributed by atoms with Crippen molar-refractivity contribution in [1.29, 1.82) is 0 Å². The molecule has 0 unspecified atom stereocenters. The van der Waals surface area contributed by atoms with E-state index >= 15 is 0 Å². The van der Waals surface area contributed by atoms with Gasteiger partial charge >= 0.3 is 0 Å². The monoisotopic (exact) mass is 266 g/mol. The highest BCUT2D eigenvalue weighted by Gasteiger charge is 2.02. The molecule has 0 spiro atoms. The molecule has 0 radical (unpaired) electrons. The number of hydrogen-bond donors (Lipinski definition) is 0. The van der Waals surface area contributed by atoms with Crippen molar-refractivity contribution in [2.75, 3.05) is 5.75 Å². The molecule has 1 aromatic rings. The lowest BCUT2D eigenvalue weighted by Gasteiger charge is -1.95. The van der Waals surface area contributed by atoms with E-state index in [0.717, 1.165) is 12.1 Å². The molecule has 0 atom stereocenters. The molecule has 88 valence electrons. The fraction of sp³-hybridized carbons (Fsp3) is 0.200. The number of rotatable bonds is 4. The summed E-state index contributed by atoms with van der Waals surface area (Å²) in [5.74, 6) is -2.04. The van der Waals surface area contributed by atoms with E-state index in [0.29, 0.717) is 5.56 Å². The summed E-state index contributed by atoms with van der Waals surface area (Å²) in [5, 5.41) is 0. The molecule has 2 nitrogen and oxygen atoms in total. The minimum Gasteiger partial charge on any atom is -0.212 e. The average molecular weight is 267 g/mol. The third kappa shape index (κ3) is 4.72. The summed E-state index contributed by atoms with van der Waals surface area (Å²) in [7, 11) is 1.48. The highest BCUT2D eigenvalue weighted by molar-refractivity contribution is 8.13. The summed E-state index contributed by atoms with van der Waals surface area (Å²) < 4.78 is 46.4. The smallest absolute Gasteiger partial charge is 0.212 e. The zero-order valence-electron chi connectivity index (χ0n) is 8.16. The van der Waals surface area contributed by atoms with Crippen LogP contribution < -0.4 is 0 Å². The Morgan fingerprint density at radius 3 is 2.50 bits per heavy atom. The minimum absolute atomic E-state index is 0.186. The van der Waals surface area contributed by atoms with E-state index in [4.69, 9.17) is 10.7 Å². The molecule has 0 aliphatic carbocycles. The van der Waals surface area contributed by atoms with Crippen molar-refractivity contribution in [2.45, 2.75) is 6.42 Å². The fourth-order valence-electron chi connectivity index (χ4n) is 1.04. The zero-order valence-corrected chi connectivity index (χ0v) is 9.73. The highest BCUT2D eigenvalue weighted by atomic mass is 35.7. The van der Waals surface area contributed by atoms with Crippen molar-refractivity contribution < 1.29 is 17.2 Å². The molecule has 0 bridgehead atoms. The number of halogens is 3. The normalized spacial score (nSPS) is 12.2. The lowest BCUT2D eigenvalue weighted by atomic mass is 10.2. The van der Waals surface area contributed by atoms with E-state index in [-0.39, 0.29) is 12.2 Å². The summed E-state index contributed by atoms with van der Waals surface area (Å²) in [6.07, 6.45) is 3.27. The van der Waals surface area contributed by atoms with Gasteiger partial charge in [-0.05, 0) is 24.1 Å². The Labute approximate surface area is 97.0 Å². The predicted molar refractivity (Wildman–Crippen MR) is 59.6 cm³/mol. The first-order chi connectivity index (χ1) is 7.38. The van der Waals surface area contributed by atoms with Crippen LogP contribution in [-0.2, 0) is 9.05 Å². The molecule has 6 heteroatoms. The van der Waals surface area contributed by atoms with Crippen molar-refractivity contribution in [1.82, 2.24) is 0 Å². The number of allylic oxidation sites excluding steroid dienone is 1. The van der Waals surface area contributed by atoms with Gasteiger partial charge in [0, 0.05) is 10.7 Å². The topological polar surface area (TPSA) is 34.1 Å². The van der Waals surface area contributed by atoms with Gasteiger partial charge in [-0.3, -0.25) is 0 Å². The van der Waals surface area contributed by atoms with Crippen molar-refractivity contribution in [3.05, 3.63) is 41.5 Å².